The van der Waals surface area contributed by atoms with Gasteiger partial charge in [-0.05, 0) is 12.8 Å². The first-order chi connectivity index (χ1) is 29.0. The van der Waals surface area contributed by atoms with Crippen molar-refractivity contribution in [1.29, 1.82) is 0 Å². The third kappa shape index (κ3) is 46.7. The molecule has 0 radical (unpaired) electrons. The molecule has 5 heteroatoms. The molecule has 1 amide bonds. The number of aliphatic hydroxyl groups is 3. The minimum absolute atomic E-state index is 0.0426. The summed E-state index contributed by atoms with van der Waals surface area (Å²) in [6.07, 6.45) is 60.1. The molecule has 0 saturated heterocycles. The number of amides is 1. The van der Waals surface area contributed by atoms with E-state index in [-0.39, 0.29) is 18.9 Å². The van der Waals surface area contributed by atoms with E-state index in [1.807, 2.05) is 0 Å². The van der Waals surface area contributed by atoms with E-state index in [1.165, 1.54) is 257 Å². The number of hydrogen-bond donors (Lipinski definition) is 4. The highest BCUT2D eigenvalue weighted by molar-refractivity contribution is 5.76. The Morgan fingerprint density at radius 3 is 0.814 bits per heavy atom. The van der Waals surface area contributed by atoms with Gasteiger partial charge in [-0.3, -0.25) is 4.79 Å². The Morgan fingerprint density at radius 1 is 0.356 bits per heavy atom. The summed E-state index contributed by atoms with van der Waals surface area (Å²) in [6.45, 7) is 4.26. The predicted molar refractivity (Wildman–Crippen MR) is 259 cm³/mol. The second-order valence-corrected chi connectivity index (χ2v) is 19.2. The number of rotatable bonds is 51. The van der Waals surface area contributed by atoms with Crippen molar-refractivity contribution < 1.29 is 20.1 Å². The first-order valence-corrected chi connectivity index (χ1v) is 27.3. The summed E-state index contributed by atoms with van der Waals surface area (Å²) in [5.41, 5.74) is 0. The molecule has 4 N–H and O–H groups in total. The molecule has 0 spiro atoms. The number of aliphatic hydroxyl groups excluding tert-OH is 3. The zero-order valence-electron chi connectivity index (χ0n) is 40.4. The van der Waals surface area contributed by atoms with Crippen molar-refractivity contribution in [2.45, 2.75) is 334 Å². The second-order valence-electron chi connectivity index (χ2n) is 19.2. The Hall–Kier alpha value is -0.650. The van der Waals surface area contributed by atoms with Gasteiger partial charge in [0.25, 0.3) is 0 Å². The lowest BCUT2D eigenvalue weighted by molar-refractivity contribution is -0.125. The fraction of sp³-hybridized carbons (Fsp3) is 0.981. The summed E-state index contributed by atoms with van der Waals surface area (Å²) < 4.78 is 0. The van der Waals surface area contributed by atoms with E-state index in [0.29, 0.717) is 12.8 Å². The molecule has 3 unspecified atom stereocenters. The first-order valence-electron chi connectivity index (χ1n) is 27.3. The van der Waals surface area contributed by atoms with Crippen LogP contribution >= 0.6 is 0 Å². The van der Waals surface area contributed by atoms with Crippen molar-refractivity contribution in [1.82, 2.24) is 5.32 Å². The molecule has 0 saturated carbocycles. The van der Waals surface area contributed by atoms with Crippen LogP contribution in [-0.2, 0) is 4.79 Å². The van der Waals surface area contributed by atoms with Crippen LogP contribution < -0.4 is 5.32 Å². The summed E-state index contributed by atoms with van der Waals surface area (Å²) in [5.74, 6) is -0.279. The van der Waals surface area contributed by atoms with E-state index in [0.717, 1.165) is 25.7 Å². The van der Waals surface area contributed by atoms with Crippen molar-refractivity contribution in [2.24, 2.45) is 0 Å². The summed E-state index contributed by atoms with van der Waals surface area (Å²) >= 11 is 0. The maximum absolute atomic E-state index is 12.4. The minimum atomic E-state index is -0.742. The molecule has 0 aliphatic rings. The van der Waals surface area contributed by atoms with Gasteiger partial charge in [0.1, 0.15) is 0 Å². The van der Waals surface area contributed by atoms with Gasteiger partial charge in [-0.15, -0.1) is 0 Å². The van der Waals surface area contributed by atoms with E-state index < -0.39 is 18.2 Å². The minimum Gasteiger partial charge on any atom is -0.394 e. The lowest BCUT2D eigenvalue weighted by atomic mass is 10.0. The molecule has 5 nitrogen and oxygen atoms in total. The van der Waals surface area contributed by atoms with Gasteiger partial charge in [0.2, 0.25) is 5.91 Å². The van der Waals surface area contributed by atoms with Gasteiger partial charge >= 0.3 is 0 Å². The molecule has 0 bridgehead atoms. The van der Waals surface area contributed by atoms with E-state index >= 15 is 0 Å². The van der Waals surface area contributed by atoms with Crippen LogP contribution in [0.2, 0.25) is 0 Å². The number of carbonyl (C=O) groups excluding carboxylic acids is 1. The maximum Gasteiger partial charge on any atom is 0.222 e. The molecule has 0 aromatic carbocycles. The highest BCUT2D eigenvalue weighted by Crippen LogP contribution is 2.18. The van der Waals surface area contributed by atoms with Crippen molar-refractivity contribution in [3.8, 4) is 0 Å². The SMILES string of the molecule is CCCCCCCCCCCCCCCCCCCCCCCCCCCCCCCCCCCCCC(O)CC(=O)NC(CO)C(O)CCCCCCCCCCC. The number of hydrogen-bond acceptors (Lipinski definition) is 4. The molecular weight excluding hydrogens is 727 g/mol. The summed E-state index contributed by atoms with van der Waals surface area (Å²) in [5, 5.41) is 33.3. The molecule has 0 aliphatic carbocycles. The molecule has 0 fully saturated rings. The molecule has 354 valence electrons. The van der Waals surface area contributed by atoms with Gasteiger partial charge in [0.05, 0.1) is 31.3 Å². The third-order valence-electron chi connectivity index (χ3n) is 13.2. The lowest BCUT2D eigenvalue weighted by Crippen LogP contribution is -2.46. The zero-order valence-corrected chi connectivity index (χ0v) is 40.4. The van der Waals surface area contributed by atoms with Crippen LogP contribution in [0.25, 0.3) is 0 Å². The monoisotopic (exact) mass is 836 g/mol. The highest BCUT2D eigenvalue weighted by atomic mass is 16.3. The topological polar surface area (TPSA) is 89.8 Å². The molecule has 0 heterocycles. The normalized spacial score (nSPS) is 13.2. The quantitative estimate of drug-likeness (QED) is 0.0460. The van der Waals surface area contributed by atoms with Crippen molar-refractivity contribution >= 4 is 5.91 Å². The van der Waals surface area contributed by atoms with Crippen LogP contribution in [0.3, 0.4) is 0 Å². The summed E-state index contributed by atoms with van der Waals surface area (Å²) in [4.78, 5) is 12.4. The molecule has 59 heavy (non-hydrogen) atoms. The highest BCUT2D eigenvalue weighted by Gasteiger charge is 2.21. The van der Waals surface area contributed by atoms with Crippen LogP contribution in [0, 0.1) is 0 Å². The zero-order chi connectivity index (χ0) is 43.0. The second kappa shape index (κ2) is 50.0. The first kappa shape index (κ1) is 58.4. The van der Waals surface area contributed by atoms with Crippen LogP contribution in [0.15, 0.2) is 0 Å². The molecular formula is C54H109NO4. The Morgan fingerprint density at radius 2 is 0.576 bits per heavy atom. The molecule has 0 aliphatic heterocycles. The Kier molecular flexibility index (Phi) is 49.4. The van der Waals surface area contributed by atoms with Gasteiger partial charge in [-0.25, -0.2) is 0 Å². The number of unbranched alkanes of at least 4 members (excludes halogenated alkanes) is 42. The fourth-order valence-corrected chi connectivity index (χ4v) is 9.00. The maximum atomic E-state index is 12.4. The summed E-state index contributed by atoms with van der Waals surface area (Å²) in [7, 11) is 0. The van der Waals surface area contributed by atoms with Crippen molar-refractivity contribution in [3.63, 3.8) is 0 Å². The van der Waals surface area contributed by atoms with Gasteiger partial charge in [0, 0.05) is 0 Å². The molecule has 3 atom stereocenters. The van der Waals surface area contributed by atoms with E-state index in [1.54, 1.807) is 0 Å². The van der Waals surface area contributed by atoms with Gasteiger partial charge in [-0.1, -0.05) is 296 Å². The van der Waals surface area contributed by atoms with Crippen LogP contribution in [0.5, 0.6) is 0 Å². The van der Waals surface area contributed by atoms with Gasteiger partial charge in [0.15, 0.2) is 0 Å². The molecule has 0 rings (SSSR count). The average molecular weight is 836 g/mol. The van der Waals surface area contributed by atoms with Gasteiger partial charge < -0.3 is 20.6 Å². The number of nitrogens with one attached hydrogen (secondary N) is 1. The average Bonchev–Trinajstić information content (AvgIpc) is 3.23. The van der Waals surface area contributed by atoms with E-state index in [4.69, 9.17) is 0 Å². The fourth-order valence-electron chi connectivity index (χ4n) is 9.00. The standard InChI is InChI=1S/C54H109NO4/c1-3-5-7-9-11-13-14-15-16-17-18-19-20-21-22-23-24-25-26-27-28-29-30-31-32-33-34-35-36-37-38-40-41-43-45-47-51(57)49-54(59)55-52(50-56)53(58)48-46-44-42-39-12-10-8-6-4-2/h51-53,56-58H,3-50H2,1-2H3,(H,55,59). The molecule has 0 aromatic rings. The summed E-state index contributed by atoms with van der Waals surface area (Å²) in [6, 6.07) is -0.651. The van der Waals surface area contributed by atoms with Crippen LogP contribution in [0.4, 0.5) is 0 Å². The molecule has 0 aromatic heterocycles. The van der Waals surface area contributed by atoms with Crippen molar-refractivity contribution in [2.75, 3.05) is 6.61 Å². The smallest absolute Gasteiger partial charge is 0.222 e. The van der Waals surface area contributed by atoms with Crippen LogP contribution in [-0.4, -0.2) is 46.1 Å². The number of carbonyl (C=O) groups is 1. The predicted octanol–water partition coefficient (Wildman–Crippen LogP) is 16.6. The van der Waals surface area contributed by atoms with Crippen molar-refractivity contribution in [3.05, 3.63) is 0 Å². The van der Waals surface area contributed by atoms with E-state index in [2.05, 4.69) is 19.2 Å². The van der Waals surface area contributed by atoms with Gasteiger partial charge in [-0.2, -0.15) is 0 Å². The Labute approximate surface area is 370 Å². The Balaban J connectivity index is 3.36. The largest absolute Gasteiger partial charge is 0.394 e. The van der Waals surface area contributed by atoms with Crippen LogP contribution in [0.1, 0.15) is 316 Å². The lowest BCUT2D eigenvalue weighted by Gasteiger charge is -2.23. The Bertz CT molecular complexity index is 792. The van der Waals surface area contributed by atoms with E-state index in [9.17, 15) is 20.1 Å². The third-order valence-corrected chi connectivity index (χ3v) is 13.2.